The number of benzene rings is 1. The van der Waals surface area contributed by atoms with Crippen LogP contribution in [0.25, 0.3) is 0 Å². The maximum Gasteiger partial charge on any atom is -0.00435 e. The van der Waals surface area contributed by atoms with Crippen LogP contribution in [0.1, 0.15) is 36.8 Å². The molecule has 1 N–H and O–H groups in total. The molecule has 1 aliphatic heterocycles. The first-order chi connectivity index (χ1) is 7.88. The van der Waals surface area contributed by atoms with Gasteiger partial charge < -0.3 is 5.32 Å². The van der Waals surface area contributed by atoms with Crippen molar-refractivity contribution < 1.29 is 0 Å². The van der Waals surface area contributed by atoms with Crippen LogP contribution in [-0.2, 0) is 12.8 Å². The van der Waals surface area contributed by atoms with Crippen molar-refractivity contribution in [1.82, 2.24) is 5.32 Å². The van der Waals surface area contributed by atoms with E-state index in [0.717, 1.165) is 0 Å². The SMILES string of the molecule is c1ccc2c(c1)CCC1(CCCNCC1)C2. The highest BCUT2D eigenvalue weighted by Crippen LogP contribution is 2.42. The van der Waals surface area contributed by atoms with Gasteiger partial charge in [0, 0.05) is 0 Å². The third-order valence-electron chi connectivity index (χ3n) is 4.50. The lowest BCUT2D eigenvalue weighted by Crippen LogP contribution is -2.30. The summed E-state index contributed by atoms with van der Waals surface area (Å²) in [6.45, 7) is 2.45. The Morgan fingerprint density at radius 1 is 0.938 bits per heavy atom. The van der Waals surface area contributed by atoms with Crippen LogP contribution in [0.15, 0.2) is 24.3 Å². The van der Waals surface area contributed by atoms with Gasteiger partial charge in [0.15, 0.2) is 0 Å². The highest BCUT2D eigenvalue weighted by molar-refractivity contribution is 5.31. The summed E-state index contributed by atoms with van der Waals surface area (Å²) in [6.07, 6.45) is 8.20. The Morgan fingerprint density at radius 2 is 1.81 bits per heavy atom. The monoisotopic (exact) mass is 215 g/mol. The lowest BCUT2D eigenvalue weighted by atomic mass is 9.67. The van der Waals surface area contributed by atoms with Crippen LogP contribution < -0.4 is 5.32 Å². The number of nitrogens with one attached hydrogen (secondary N) is 1. The lowest BCUT2D eigenvalue weighted by molar-refractivity contribution is 0.215. The molecule has 1 unspecified atom stereocenters. The van der Waals surface area contributed by atoms with Crippen LogP contribution in [0, 0.1) is 5.41 Å². The molecule has 0 amide bonds. The van der Waals surface area contributed by atoms with Crippen LogP contribution in [0.2, 0.25) is 0 Å². The molecule has 0 bridgehead atoms. The molecule has 1 heteroatoms. The minimum absolute atomic E-state index is 0.623. The van der Waals surface area contributed by atoms with Gasteiger partial charge in [-0.1, -0.05) is 24.3 Å². The first kappa shape index (κ1) is 10.3. The van der Waals surface area contributed by atoms with Gasteiger partial charge in [0.1, 0.15) is 0 Å². The molecule has 1 aliphatic carbocycles. The zero-order valence-electron chi connectivity index (χ0n) is 9.97. The fourth-order valence-electron chi connectivity index (χ4n) is 3.48. The Bertz CT molecular complexity index is 361. The lowest BCUT2D eigenvalue weighted by Gasteiger charge is -2.37. The maximum absolute atomic E-state index is 3.54. The molecule has 1 fully saturated rings. The van der Waals surface area contributed by atoms with Gasteiger partial charge in [-0.25, -0.2) is 0 Å². The molecule has 0 radical (unpaired) electrons. The fourth-order valence-corrected chi connectivity index (χ4v) is 3.48. The van der Waals surface area contributed by atoms with Crippen molar-refractivity contribution in [3.8, 4) is 0 Å². The maximum atomic E-state index is 3.54. The predicted octanol–water partition coefficient (Wildman–Crippen LogP) is 2.94. The van der Waals surface area contributed by atoms with E-state index in [1.807, 2.05) is 0 Å². The van der Waals surface area contributed by atoms with Crippen LogP contribution in [0.4, 0.5) is 0 Å². The van der Waals surface area contributed by atoms with Crippen molar-refractivity contribution in [1.29, 1.82) is 0 Å². The van der Waals surface area contributed by atoms with Crippen molar-refractivity contribution in [2.45, 2.75) is 38.5 Å². The van der Waals surface area contributed by atoms with Gasteiger partial charge in [-0.05, 0) is 68.2 Å². The third kappa shape index (κ3) is 1.89. The van der Waals surface area contributed by atoms with Crippen LogP contribution in [0.5, 0.6) is 0 Å². The average Bonchev–Trinajstić information content (AvgIpc) is 2.55. The van der Waals surface area contributed by atoms with Crippen LogP contribution >= 0.6 is 0 Å². The molecule has 1 atom stereocenters. The topological polar surface area (TPSA) is 12.0 Å². The van der Waals surface area contributed by atoms with E-state index in [9.17, 15) is 0 Å². The molecule has 1 aromatic carbocycles. The normalized spacial score (nSPS) is 29.8. The molecule has 86 valence electrons. The second kappa shape index (κ2) is 4.21. The van der Waals surface area contributed by atoms with Gasteiger partial charge in [0.05, 0.1) is 0 Å². The summed E-state index contributed by atoms with van der Waals surface area (Å²) in [4.78, 5) is 0. The van der Waals surface area contributed by atoms with E-state index < -0.39 is 0 Å². The van der Waals surface area contributed by atoms with E-state index in [1.54, 1.807) is 11.1 Å². The largest absolute Gasteiger partial charge is 0.317 e. The standard InChI is InChI=1S/C15H21N/c1-2-5-14-12-15(8-6-13(14)4-1)7-3-10-16-11-9-15/h1-2,4-5,16H,3,6-12H2. The summed E-state index contributed by atoms with van der Waals surface area (Å²) in [5, 5.41) is 3.54. The Labute approximate surface area is 98.3 Å². The third-order valence-corrected chi connectivity index (χ3v) is 4.50. The quantitative estimate of drug-likeness (QED) is 0.701. The van der Waals surface area contributed by atoms with Gasteiger partial charge in [0.2, 0.25) is 0 Å². The van der Waals surface area contributed by atoms with E-state index in [-0.39, 0.29) is 0 Å². The minimum atomic E-state index is 0.623. The summed E-state index contributed by atoms with van der Waals surface area (Å²) in [6, 6.07) is 9.05. The van der Waals surface area contributed by atoms with Gasteiger partial charge >= 0.3 is 0 Å². The van der Waals surface area contributed by atoms with Crippen LogP contribution in [-0.4, -0.2) is 13.1 Å². The van der Waals surface area contributed by atoms with Crippen molar-refractivity contribution in [2.24, 2.45) is 5.41 Å². The van der Waals surface area contributed by atoms with Gasteiger partial charge in [-0.2, -0.15) is 0 Å². The zero-order chi connectivity index (χ0) is 10.8. The van der Waals surface area contributed by atoms with E-state index in [0.29, 0.717) is 5.41 Å². The summed E-state index contributed by atoms with van der Waals surface area (Å²) >= 11 is 0. The summed E-state index contributed by atoms with van der Waals surface area (Å²) in [5.41, 5.74) is 3.85. The molecule has 1 heterocycles. The van der Waals surface area contributed by atoms with Gasteiger partial charge in [0.25, 0.3) is 0 Å². The Hall–Kier alpha value is -0.820. The second-order valence-corrected chi connectivity index (χ2v) is 5.55. The number of aryl methyl sites for hydroxylation is 1. The Morgan fingerprint density at radius 3 is 2.75 bits per heavy atom. The predicted molar refractivity (Wildman–Crippen MR) is 67.6 cm³/mol. The van der Waals surface area contributed by atoms with Gasteiger partial charge in [-0.3, -0.25) is 0 Å². The molecule has 1 saturated heterocycles. The smallest absolute Gasteiger partial charge is 0.00435 e. The number of hydrogen-bond donors (Lipinski definition) is 1. The first-order valence-corrected chi connectivity index (χ1v) is 6.66. The molecule has 1 spiro atoms. The van der Waals surface area contributed by atoms with Crippen molar-refractivity contribution in [3.63, 3.8) is 0 Å². The zero-order valence-corrected chi connectivity index (χ0v) is 9.97. The molecular formula is C15H21N. The summed E-state index contributed by atoms with van der Waals surface area (Å²) < 4.78 is 0. The summed E-state index contributed by atoms with van der Waals surface area (Å²) in [7, 11) is 0. The van der Waals surface area contributed by atoms with E-state index >= 15 is 0 Å². The molecule has 16 heavy (non-hydrogen) atoms. The Kier molecular flexibility index (Phi) is 2.72. The molecule has 1 nitrogen and oxygen atoms in total. The minimum Gasteiger partial charge on any atom is -0.317 e. The second-order valence-electron chi connectivity index (χ2n) is 5.55. The number of hydrogen-bond acceptors (Lipinski definition) is 1. The van der Waals surface area contributed by atoms with Crippen molar-refractivity contribution >= 4 is 0 Å². The van der Waals surface area contributed by atoms with Crippen molar-refractivity contribution in [2.75, 3.05) is 13.1 Å². The molecule has 3 rings (SSSR count). The van der Waals surface area contributed by atoms with E-state index in [4.69, 9.17) is 0 Å². The average molecular weight is 215 g/mol. The first-order valence-electron chi connectivity index (χ1n) is 6.66. The molecule has 1 aromatic rings. The number of rotatable bonds is 0. The molecular weight excluding hydrogens is 194 g/mol. The van der Waals surface area contributed by atoms with E-state index in [2.05, 4.69) is 29.6 Å². The molecule has 0 saturated carbocycles. The van der Waals surface area contributed by atoms with Crippen molar-refractivity contribution in [3.05, 3.63) is 35.4 Å². The van der Waals surface area contributed by atoms with Crippen LogP contribution in [0.3, 0.4) is 0 Å². The van der Waals surface area contributed by atoms with Gasteiger partial charge in [-0.15, -0.1) is 0 Å². The van der Waals surface area contributed by atoms with E-state index in [1.165, 1.54) is 51.6 Å². The fraction of sp³-hybridized carbons (Fsp3) is 0.600. The highest BCUT2D eigenvalue weighted by atomic mass is 14.9. The molecule has 0 aromatic heterocycles. The Balaban J connectivity index is 1.85. The number of fused-ring (bicyclic) bond motifs is 1. The summed E-state index contributed by atoms with van der Waals surface area (Å²) in [5.74, 6) is 0. The molecule has 2 aliphatic rings. The highest BCUT2D eigenvalue weighted by Gasteiger charge is 2.34.